The fourth-order valence-corrected chi connectivity index (χ4v) is 2.94. The minimum Gasteiger partial charge on any atom is -0.504 e. The van der Waals surface area contributed by atoms with E-state index in [9.17, 15) is 19.8 Å². The summed E-state index contributed by atoms with van der Waals surface area (Å²) in [6, 6.07) is 3.31. The highest BCUT2D eigenvalue weighted by Gasteiger charge is 2.29. The van der Waals surface area contributed by atoms with Gasteiger partial charge in [0.05, 0.1) is 5.92 Å². The Bertz CT molecular complexity index is 641. The van der Waals surface area contributed by atoms with E-state index in [4.69, 9.17) is 15.2 Å². The molecule has 4 N–H and O–H groups in total. The molecular formula is C19H27NO6. The highest BCUT2D eigenvalue weighted by atomic mass is 16.6. The van der Waals surface area contributed by atoms with Gasteiger partial charge in [0, 0.05) is 0 Å². The van der Waals surface area contributed by atoms with Crippen LogP contribution in [-0.4, -0.2) is 40.4 Å². The number of esters is 2. The normalized spacial score (nSPS) is 18.1. The number of ether oxygens (including phenoxy) is 2. The Morgan fingerprint density at radius 3 is 2.35 bits per heavy atom. The van der Waals surface area contributed by atoms with Crippen molar-refractivity contribution < 1.29 is 29.3 Å². The molecule has 0 amide bonds. The van der Waals surface area contributed by atoms with Crippen molar-refractivity contribution in [3.8, 4) is 11.5 Å². The third-order valence-electron chi connectivity index (χ3n) is 4.75. The van der Waals surface area contributed by atoms with Gasteiger partial charge in [-0.25, -0.2) is 0 Å². The molecule has 0 saturated heterocycles. The van der Waals surface area contributed by atoms with E-state index in [2.05, 4.69) is 0 Å². The second-order valence-electron chi connectivity index (χ2n) is 6.90. The lowest BCUT2D eigenvalue weighted by Gasteiger charge is -2.23. The van der Waals surface area contributed by atoms with E-state index in [1.54, 1.807) is 19.9 Å². The predicted octanol–water partition coefficient (Wildman–Crippen LogP) is 2.02. The molecule has 7 nitrogen and oxygen atoms in total. The van der Waals surface area contributed by atoms with Crippen LogP contribution in [0.25, 0.3) is 0 Å². The first kappa shape index (κ1) is 20.0. The summed E-state index contributed by atoms with van der Waals surface area (Å²) in [5, 5.41) is 18.8. The Labute approximate surface area is 153 Å². The zero-order valence-corrected chi connectivity index (χ0v) is 15.2. The minimum absolute atomic E-state index is 0.0511. The number of benzene rings is 1. The van der Waals surface area contributed by atoms with Crippen LogP contribution in [-0.2, 0) is 25.5 Å². The highest BCUT2D eigenvalue weighted by molar-refractivity contribution is 5.76. The molecule has 1 aliphatic carbocycles. The van der Waals surface area contributed by atoms with Crippen LogP contribution < -0.4 is 5.73 Å². The smallest absolute Gasteiger partial charge is 0.323 e. The Balaban J connectivity index is 1.82. The molecule has 0 radical (unpaired) electrons. The number of carbonyl (C=O) groups is 2. The average molecular weight is 365 g/mol. The van der Waals surface area contributed by atoms with Gasteiger partial charge in [0.2, 0.25) is 0 Å². The van der Waals surface area contributed by atoms with Crippen molar-refractivity contribution in [1.29, 1.82) is 0 Å². The van der Waals surface area contributed by atoms with Gasteiger partial charge in [-0.2, -0.15) is 0 Å². The number of aromatic hydroxyl groups is 2. The predicted molar refractivity (Wildman–Crippen MR) is 94.5 cm³/mol. The molecule has 1 aromatic rings. The summed E-state index contributed by atoms with van der Waals surface area (Å²) in [5.41, 5.74) is 6.46. The maximum Gasteiger partial charge on any atom is 0.323 e. The van der Waals surface area contributed by atoms with Gasteiger partial charge >= 0.3 is 11.9 Å². The molecule has 0 aliphatic heterocycles. The molecule has 0 unspecified atom stereocenters. The van der Waals surface area contributed by atoms with Gasteiger partial charge in [0.1, 0.15) is 18.2 Å². The second kappa shape index (κ2) is 8.89. The fraction of sp³-hybridized carbons (Fsp3) is 0.579. The van der Waals surface area contributed by atoms with Gasteiger partial charge in [-0.15, -0.1) is 0 Å². The molecule has 1 fully saturated rings. The van der Waals surface area contributed by atoms with Crippen LogP contribution in [0.15, 0.2) is 18.2 Å². The molecule has 26 heavy (non-hydrogen) atoms. The number of phenolic OH excluding ortho intramolecular Hbond substituents is 2. The number of hydrogen-bond acceptors (Lipinski definition) is 7. The number of nitrogens with two attached hydrogens (primary N) is 1. The van der Waals surface area contributed by atoms with Crippen LogP contribution in [0.3, 0.4) is 0 Å². The highest BCUT2D eigenvalue weighted by Crippen LogP contribution is 2.27. The molecule has 1 saturated carbocycles. The Morgan fingerprint density at radius 1 is 1.12 bits per heavy atom. The van der Waals surface area contributed by atoms with E-state index >= 15 is 0 Å². The van der Waals surface area contributed by atoms with Crippen molar-refractivity contribution in [2.75, 3.05) is 0 Å². The van der Waals surface area contributed by atoms with E-state index < -0.39 is 24.2 Å². The lowest BCUT2D eigenvalue weighted by atomic mass is 10.1. The molecule has 2 rings (SSSR count). The van der Waals surface area contributed by atoms with Crippen molar-refractivity contribution in [3.63, 3.8) is 0 Å². The summed E-state index contributed by atoms with van der Waals surface area (Å²) in [5.74, 6) is -1.42. The van der Waals surface area contributed by atoms with Crippen molar-refractivity contribution in [2.24, 2.45) is 11.7 Å². The molecular weight excluding hydrogens is 338 g/mol. The third-order valence-corrected chi connectivity index (χ3v) is 4.75. The van der Waals surface area contributed by atoms with Gasteiger partial charge in [-0.05, 0) is 50.8 Å². The van der Waals surface area contributed by atoms with Gasteiger partial charge in [0.25, 0.3) is 0 Å². The van der Waals surface area contributed by atoms with E-state index in [0.717, 1.165) is 25.7 Å². The van der Waals surface area contributed by atoms with E-state index in [1.165, 1.54) is 12.1 Å². The number of carbonyl (C=O) groups excluding carboxylic acids is 2. The number of phenols is 2. The van der Waals surface area contributed by atoms with Crippen molar-refractivity contribution in [1.82, 2.24) is 0 Å². The van der Waals surface area contributed by atoms with Crippen LogP contribution in [0, 0.1) is 5.92 Å². The summed E-state index contributed by atoms with van der Waals surface area (Å²) in [6.07, 6.45) is 2.76. The summed E-state index contributed by atoms with van der Waals surface area (Å²) < 4.78 is 10.7. The maximum absolute atomic E-state index is 12.2. The molecule has 0 aromatic heterocycles. The first-order chi connectivity index (χ1) is 12.3. The quantitative estimate of drug-likeness (QED) is 0.499. The lowest BCUT2D eigenvalue weighted by Crippen LogP contribution is -2.40. The van der Waals surface area contributed by atoms with Crippen molar-refractivity contribution in [3.05, 3.63) is 23.8 Å². The van der Waals surface area contributed by atoms with Gasteiger partial charge in [-0.1, -0.05) is 18.9 Å². The van der Waals surface area contributed by atoms with E-state index in [-0.39, 0.29) is 29.8 Å². The van der Waals surface area contributed by atoms with Gasteiger partial charge in [-0.3, -0.25) is 9.59 Å². The second-order valence-corrected chi connectivity index (χ2v) is 6.90. The molecule has 3 atom stereocenters. The summed E-state index contributed by atoms with van der Waals surface area (Å²) in [4.78, 5) is 24.2. The van der Waals surface area contributed by atoms with Crippen LogP contribution in [0.2, 0.25) is 0 Å². The van der Waals surface area contributed by atoms with Crippen LogP contribution in [0.4, 0.5) is 0 Å². The topological polar surface area (TPSA) is 119 Å². The number of rotatable bonds is 7. The van der Waals surface area contributed by atoms with E-state index in [0.29, 0.717) is 5.56 Å². The van der Waals surface area contributed by atoms with Crippen LogP contribution in [0.5, 0.6) is 11.5 Å². The summed E-state index contributed by atoms with van der Waals surface area (Å²) >= 11 is 0. The Morgan fingerprint density at radius 2 is 1.73 bits per heavy atom. The fourth-order valence-electron chi connectivity index (χ4n) is 2.94. The molecule has 0 bridgehead atoms. The molecule has 1 aromatic carbocycles. The van der Waals surface area contributed by atoms with Crippen LogP contribution in [0.1, 0.15) is 45.1 Å². The molecule has 1 aliphatic rings. The average Bonchev–Trinajstić information content (AvgIpc) is 3.12. The maximum atomic E-state index is 12.2. The minimum atomic E-state index is -0.931. The summed E-state index contributed by atoms with van der Waals surface area (Å²) in [7, 11) is 0. The van der Waals surface area contributed by atoms with Crippen molar-refractivity contribution in [2.45, 2.75) is 64.2 Å². The third kappa shape index (κ3) is 5.36. The van der Waals surface area contributed by atoms with Crippen molar-refractivity contribution >= 4 is 11.9 Å². The zero-order valence-electron chi connectivity index (χ0n) is 15.2. The first-order valence-electron chi connectivity index (χ1n) is 8.95. The van der Waals surface area contributed by atoms with Gasteiger partial charge in [0.15, 0.2) is 11.5 Å². The SMILES string of the molecule is C[C@H](OC(=O)C1CCCC1)[C@@H](C)OC(=O)[C@@H](N)Cc1ccc(O)c(O)c1. The number of hydrogen-bond donors (Lipinski definition) is 3. The lowest BCUT2D eigenvalue weighted by molar-refractivity contribution is -0.168. The summed E-state index contributed by atoms with van der Waals surface area (Å²) in [6.45, 7) is 3.35. The monoisotopic (exact) mass is 365 g/mol. The zero-order chi connectivity index (χ0) is 19.3. The molecule has 7 heteroatoms. The van der Waals surface area contributed by atoms with Gasteiger partial charge < -0.3 is 25.4 Å². The Hall–Kier alpha value is -2.28. The molecule has 0 heterocycles. The molecule has 0 spiro atoms. The standard InChI is InChI=1S/C19H27NO6/c1-11(25-18(23)14-5-3-4-6-14)12(2)26-19(24)15(20)9-13-7-8-16(21)17(22)10-13/h7-8,10-12,14-15,21-22H,3-6,9,20H2,1-2H3/t11-,12+,15-/m0/s1. The Kier molecular flexibility index (Phi) is 6.85. The van der Waals surface area contributed by atoms with E-state index in [1.807, 2.05) is 0 Å². The first-order valence-corrected chi connectivity index (χ1v) is 8.95. The van der Waals surface area contributed by atoms with Crippen LogP contribution >= 0.6 is 0 Å². The molecule has 144 valence electrons. The largest absolute Gasteiger partial charge is 0.504 e.